The molecule has 0 saturated carbocycles. The van der Waals surface area contributed by atoms with E-state index < -0.39 is 12.5 Å². The van der Waals surface area contributed by atoms with Crippen LogP contribution in [0.4, 0.5) is 14.5 Å². The van der Waals surface area contributed by atoms with Crippen molar-refractivity contribution in [1.82, 2.24) is 0 Å². The van der Waals surface area contributed by atoms with Crippen molar-refractivity contribution in [2.45, 2.75) is 20.5 Å². The summed E-state index contributed by atoms with van der Waals surface area (Å²) < 4.78 is 29.3. The molecule has 1 amide bonds. The minimum absolute atomic E-state index is 0.107. The van der Waals surface area contributed by atoms with Crippen LogP contribution in [0.15, 0.2) is 48.0 Å². The van der Waals surface area contributed by atoms with Crippen LogP contribution in [-0.2, 0) is 4.79 Å². The summed E-state index contributed by atoms with van der Waals surface area (Å²) in [5, 5.41) is 11.9. The molecule has 0 heterocycles. The Morgan fingerprint density at radius 3 is 2.60 bits per heavy atom. The normalized spacial score (nSPS) is 11.1. The molecule has 128 valence electrons. The number of alkyl halides is 2. The van der Waals surface area contributed by atoms with Gasteiger partial charge in [0, 0.05) is 11.3 Å². The number of aryl methyl sites for hydroxylation is 2. The van der Waals surface area contributed by atoms with Crippen molar-refractivity contribution >= 4 is 17.7 Å². The van der Waals surface area contributed by atoms with Crippen LogP contribution < -0.4 is 10.1 Å². The van der Waals surface area contributed by atoms with Gasteiger partial charge in [-0.3, -0.25) is 4.79 Å². The van der Waals surface area contributed by atoms with Crippen molar-refractivity contribution in [3.63, 3.8) is 0 Å². The molecule has 0 bridgehead atoms. The van der Waals surface area contributed by atoms with Gasteiger partial charge in [0.1, 0.15) is 17.4 Å². The Bertz CT molecular complexity index is 855. The number of amides is 1. The SMILES string of the molecule is Cc1ccc(NC(=O)C(C#N)=Cc2ccccc2OC(F)F)c(C)c1. The summed E-state index contributed by atoms with van der Waals surface area (Å²) in [5.41, 5.74) is 2.48. The first-order chi connectivity index (χ1) is 11.9. The van der Waals surface area contributed by atoms with E-state index in [2.05, 4.69) is 10.1 Å². The predicted octanol–water partition coefficient (Wildman–Crippen LogP) is 4.45. The summed E-state index contributed by atoms with van der Waals surface area (Å²) in [5.74, 6) is -0.731. The van der Waals surface area contributed by atoms with Crippen LogP contribution in [0.2, 0.25) is 0 Å². The maximum absolute atomic E-state index is 12.5. The first-order valence-corrected chi connectivity index (χ1v) is 7.45. The summed E-state index contributed by atoms with van der Waals surface area (Å²) in [6, 6.07) is 13.2. The van der Waals surface area contributed by atoms with E-state index in [1.165, 1.54) is 24.3 Å². The molecule has 4 nitrogen and oxygen atoms in total. The van der Waals surface area contributed by atoms with Crippen LogP contribution in [0.1, 0.15) is 16.7 Å². The number of carbonyl (C=O) groups excluding carboxylic acids is 1. The molecular weight excluding hydrogens is 326 g/mol. The van der Waals surface area contributed by atoms with Gasteiger partial charge >= 0.3 is 6.61 Å². The van der Waals surface area contributed by atoms with E-state index in [9.17, 15) is 18.8 Å². The fourth-order valence-electron chi connectivity index (χ4n) is 2.25. The molecule has 2 rings (SSSR count). The Hall–Kier alpha value is -3.20. The maximum atomic E-state index is 12.5. The summed E-state index contributed by atoms with van der Waals surface area (Å²) in [6.07, 6.45) is 1.22. The third-order valence-corrected chi connectivity index (χ3v) is 3.43. The molecule has 0 radical (unpaired) electrons. The van der Waals surface area contributed by atoms with E-state index in [1.54, 1.807) is 18.2 Å². The van der Waals surface area contributed by atoms with Crippen molar-refractivity contribution in [3.8, 4) is 11.8 Å². The highest BCUT2D eigenvalue weighted by Gasteiger charge is 2.13. The van der Waals surface area contributed by atoms with Crippen molar-refractivity contribution < 1.29 is 18.3 Å². The zero-order chi connectivity index (χ0) is 18.4. The fraction of sp³-hybridized carbons (Fsp3) is 0.158. The van der Waals surface area contributed by atoms with Gasteiger partial charge in [-0.15, -0.1) is 0 Å². The van der Waals surface area contributed by atoms with E-state index in [1.807, 2.05) is 26.0 Å². The molecule has 2 aromatic rings. The lowest BCUT2D eigenvalue weighted by molar-refractivity contribution is -0.112. The molecule has 25 heavy (non-hydrogen) atoms. The van der Waals surface area contributed by atoms with E-state index in [4.69, 9.17) is 0 Å². The number of nitrogens with one attached hydrogen (secondary N) is 1. The van der Waals surface area contributed by atoms with Crippen LogP contribution in [0.25, 0.3) is 6.08 Å². The standard InChI is InChI=1S/C19H16F2N2O2/c1-12-7-8-16(13(2)9-12)23-18(24)15(11-22)10-14-5-3-4-6-17(14)25-19(20)21/h3-10,19H,1-2H3,(H,23,24). The lowest BCUT2D eigenvalue weighted by atomic mass is 10.1. The topological polar surface area (TPSA) is 62.1 Å². The van der Waals surface area contributed by atoms with Crippen molar-refractivity contribution in [2.24, 2.45) is 0 Å². The molecule has 6 heteroatoms. The van der Waals surface area contributed by atoms with Gasteiger partial charge in [-0.05, 0) is 37.6 Å². The lowest BCUT2D eigenvalue weighted by Gasteiger charge is -2.10. The van der Waals surface area contributed by atoms with E-state index in [0.717, 1.165) is 11.1 Å². The highest BCUT2D eigenvalue weighted by atomic mass is 19.3. The molecule has 2 aromatic carbocycles. The fourth-order valence-corrected chi connectivity index (χ4v) is 2.25. The second-order valence-electron chi connectivity index (χ2n) is 5.36. The number of anilines is 1. The number of ether oxygens (including phenoxy) is 1. The number of nitrogens with zero attached hydrogens (tertiary/aromatic N) is 1. The third kappa shape index (κ3) is 4.88. The van der Waals surface area contributed by atoms with Crippen LogP contribution in [0.5, 0.6) is 5.75 Å². The zero-order valence-corrected chi connectivity index (χ0v) is 13.7. The minimum Gasteiger partial charge on any atom is -0.434 e. The van der Waals surface area contributed by atoms with Gasteiger partial charge in [-0.1, -0.05) is 35.9 Å². The number of halogens is 2. The van der Waals surface area contributed by atoms with E-state index in [-0.39, 0.29) is 16.9 Å². The first kappa shape index (κ1) is 18.1. The summed E-state index contributed by atoms with van der Waals surface area (Å²) in [7, 11) is 0. The van der Waals surface area contributed by atoms with Crippen LogP contribution in [-0.4, -0.2) is 12.5 Å². The van der Waals surface area contributed by atoms with Gasteiger partial charge in [-0.2, -0.15) is 14.0 Å². The van der Waals surface area contributed by atoms with E-state index in [0.29, 0.717) is 5.69 Å². The quantitative estimate of drug-likeness (QED) is 0.645. The number of rotatable bonds is 5. The molecule has 0 unspecified atom stereocenters. The number of hydrogen-bond donors (Lipinski definition) is 1. The average molecular weight is 342 g/mol. The molecule has 0 aliphatic carbocycles. The molecule has 0 spiro atoms. The minimum atomic E-state index is -3.00. The molecule has 0 aliphatic rings. The predicted molar refractivity (Wildman–Crippen MR) is 91.2 cm³/mol. The van der Waals surface area contributed by atoms with Gasteiger partial charge in [0.25, 0.3) is 5.91 Å². The number of para-hydroxylation sites is 1. The molecule has 0 aromatic heterocycles. The third-order valence-electron chi connectivity index (χ3n) is 3.43. The Morgan fingerprint density at radius 2 is 1.96 bits per heavy atom. The Morgan fingerprint density at radius 1 is 1.24 bits per heavy atom. The molecule has 0 aliphatic heterocycles. The summed E-state index contributed by atoms with van der Waals surface area (Å²) in [4.78, 5) is 12.3. The summed E-state index contributed by atoms with van der Waals surface area (Å²) in [6.45, 7) is 0.771. The highest BCUT2D eigenvalue weighted by Crippen LogP contribution is 2.23. The largest absolute Gasteiger partial charge is 0.434 e. The van der Waals surface area contributed by atoms with E-state index >= 15 is 0 Å². The van der Waals surface area contributed by atoms with Gasteiger partial charge in [-0.25, -0.2) is 0 Å². The van der Waals surface area contributed by atoms with Gasteiger partial charge in [0.05, 0.1) is 0 Å². The van der Waals surface area contributed by atoms with Crippen LogP contribution in [0.3, 0.4) is 0 Å². The molecule has 0 saturated heterocycles. The molecule has 1 N–H and O–H groups in total. The monoisotopic (exact) mass is 342 g/mol. The van der Waals surface area contributed by atoms with Gasteiger partial charge in [0.15, 0.2) is 0 Å². The average Bonchev–Trinajstić information content (AvgIpc) is 2.56. The molecular formula is C19H16F2N2O2. The number of carbonyl (C=O) groups is 1. The number of benzene rings is 2. The Balaban J connectivity index is 2.28. The molecule has 0 fully saturated rings. The number of hydrogen-bond acceptors (Lipinski definition) is 3. The first-order valence-electron chi connectivity index (χ1n) is 7.45. The van der Waals surface area contributed by atoms with Crippen molar-refractivity contribution in [2.75, 3.05) is 5.32 Å². The number of nitriles is 1. The Labute approximate surface area is 144 Å². The van der Waals surface area contributed by atoms with Crippen LogP contribution >= 0.6 is 0 Å². The maximum Gasteiger partial charge on any atom is 0.387 e. The van der Waals surface area contributed by atoms with Crippen molar-refractivity contribution in [3.05, 3.63) is 64.7 Å². The zero-order valence-electron chi connectivity index (χ0n) is 13.7. The van der Waals surface area contributed by atoms with Gasteiger partial charge < -0.3 is 10.1 Å². The van der Waals surface area contributed by atoms with Gasteiger partial charge in [0.2, 0.25) is 0 Å². The lowest BCUT2D eigenvalue weighted by Crippen LogP contribution is -2.14. The van der Waals surface area contributed by atoms with Crippen LogP contribution in [0, 0.1) is 25.2 Å². The second kappa shape index (κ2) is 8.06. The smallest absolute Gasteiger partial charge is 0.387 e. The molecule has 0 atom stereocenters. The Kier molecular flexibility index (Phi) is 5.85. The van der Waals surface area contributed by atoms with Crippen molar-refractivity contribution in [1.29, 1.82) is 5.26 Å². The second-order valence-corrected chi connectivity index (χ2v) is 5.36. The summed E-state index contributed by atoms with van der Waals surface area (Å²) >= 11 is 0. The highest BCUT2D eigenvalue weighted by molar-refractivity contribution is 6.10.